The summed E-state index contributed by atoms with van der Waals surface area (Å²) in [7, 11) is 0. The highest BCUT2D eigenvalue weighted by Crippen LogP contribution is 2.37. The Morgan fingerprint density at radius 2 is 1.81 bits per heavy atom. The van der Waals surface area contributed by atoms with Crippen LogP contribution >= 0.6 is 11.3 Å². The van der Waals surface area contributed by atoms with E-state index in [2.05, 4.69) is 5.32 Å². The molecule has 1 aliphatic rings. The first-order valence-electron chi connectivity index (χ1n) is 10.7. The molecule has 4 rings (SSSR count). The molecule has 1 aromatic carbocycles. The van der Waals surface area contributed by atoms with E-state index in [1.54, 1.807) is 17.0 Å². The summed E-state index contributed by atoms with van der Waals surface area (Å²) >= 11 is 1.48. The number of carbonyl (C=O) groups excluding carboxylic acids is 2. The van der Waals surface area contributed by atoms with E-state index in [0.29, 0.717) is 0 Å². The van der Waals surface area contributed by atoms with E-state index in [9.17, 15) is 9.59 Å². The van der Waals surface area contributed by atoms with Gasteiger partial charge >= 0.3 is 0 Å². The first-order chi connectivity index (χ1) is 15.0. The van der Waals surface area contributed by atoms with Crippen LogP contribution in [0.15, 0.2) is 52.5 Å². The maximum Gasteiger partial charge on any atom is 0.295 e. The van der Waals surface area contributed by atoms with Gasteiger partial charge in [0.05, 0.1) is 12.0 Å². The Kier molecular flexibility index (Phi) is 6.28. The van der Waals surface area contributed by atoms with Crippen molar-refractivity contribution in [2.45, 2.75) is 58.5 Å². The van der Waals surface area contributed by atoms with E-state index in [1.165, 1.54) is 17.6 Å². The normalized spacial score (nSPS) is 15.1. The van der Waals surface area contributed by atoms with Gasteiger partial charge in [-0.15, -0.1) is 11.3 Å². The van der Waals surface area contributed by atoms with Crippen molar-refractivity contribution in [3.05, 3.63) is 75.4 Å². The van der Waals surface area contributed by atoms with E-state index in [-0.39, 0.29) is 23.6 Å². The van der Waals surface area contributed by atoms with Crippen LogP contribution in [0, 0.1) is 20.8 Å². The smallest absolute Gasteiger partial charge is 0.295 e. The molecule has 0 unspecified atom stereocenters. The van der Waals surface area contributed by atoms with Crippen molar-refractivity contribution in [2.75, 3.05) is 4.90 Å². The largest absolute Gasteiger partial charge is 0.459 e. The third-order valence-corrected chi connectivity index (χ3v) is 6.77. The second-order valence-corrected chi connectivity index (χ2v) is 9.29. The molecule has 1 atom stereocenters. The van der Waals surface area contributed by atoms with E-state index in [4.69, 9.17) is 4.42 Å². The summed E-state index contributed by atoms with van der Waals surface area (Å²) in [6.45, 7) is 6.00. The number of benzene rings is 1. The number of anilines is 1. The quantitative estimate of drug-likeness (QED) is 0.538. The molecule has 1 fully saturated rings. The lowest BCUT2D eigenvalue weighted by molar-refractivity contribution is -0.123. The third kappa shape index (κ3) is 4.44. The number of nitrogens with zero attached hydrogens (tertiary/aromatic N) is 1. The molecule has 6 heteroatoms. The highest BCUT2D eigenvalue weighted by atomic mass is 32.1. The zero-order chi connectivity index (χ0) is 22.0. The molecule has 1 aliphatic carbocycles. The zero-order valence-electron chi connectivity index (χ0n) is 18.2. The Labute approximate surface area is 187 Å². The van der Waals surface area contributed by atoms with Crippen molar-refractivity contribution in [1.82, 2.24) is 5.32 Å². The number of aryl methyl sites for hydroxylation is 3. The fourth-order valence-electron chi connectivity index (χ4n) is 4.59. The Morgan fingerprint density at radius 3 is 2.39 bits per heavy atom. The van der Waals surface area contributed by atoms with Crippen LogP contribution in [0.2, 0.25) is 0 Å². The molecule has 2 amide bonds. The van der Waals surface area contributed by atoms with Crippen LogP contribution < -0.4 is 10.2 Å². The van der Waals surface area contributed by atoms with Crippen molar-refractivity contribution in [1.29, 1.82) is 0 Å². The van der Waals surface area contributed by atoms with Crippen molar-refractivity contribution >= 4 is 28.8 Å². The predicted molar refractivity (Wildman–Crippen MR) is 124 cm³/mol. The van der Waals surface area contributed by atoms with Crippen LogP contribution in [0.3, 0.4) is 0 Å². The van der Waals surface area contributed by atoms with Crippen molar-refractivity contribution in [3.63, 3.8) is 0 Å². The van der Waals surface area contributed by atoms with Gasteiger partial charge in [-0.05, 0) is 68.3 Å². The summed E-state index contributed by atoms with van der Waals surface area (Å²) in [6.07, 6.45) is 5.70. The second kappa shape index (κ2) is 9.10. The Balaban J connectivity index is 1.84. The molecule has 0 radical (unpaired) electrons. The maximum atomic E-state index is 13.7. The zero-order valence-corrected chi connectivity index (χ0v) is 19.0. The van der Waals surface area contributed by atoms with Gasteiger partial charge in [0.1, 0.15) is 0 Å². The second-order valence-electron chi connectivity index (χ2n) is 8.31. The van der Waals surface area contributed by atoms with Gasteiger partial charge in [0, 0.05) is 10.9 Å². The molecule has 2 aromatic heterocycles. The molecule has 0 aliphatic heterocycles. The SMILES string of the molecule is Cc1cc(C)c(N(C(=O)c2ccco2)[C@H](C(=O)NC2CCCC2)c2cccs2)c(C)c1. The molecule has 31 heavy (non-hydrogen) atoms. The molecular formula is C25H28N2O3S. The van der Waals surface area contributed by atoms with E-state index < -0.39 is 6.04 Å². The standard InChI is InChI=1S/C25H28N2O3S/c1-16-14-17(2)22(18(3)15-16)27(25(29)20-10-6-12-30-20)23(21-11-7-13-31-21)24(28)26-19-8-4-5-9-19/h6-7,10-15,19,23H,4-5,8-9H2,1-3H3,(H,26,28)/t23-/m0/s1. The van der Waals surface area contributed by atoms with Crippen molar-refractivity contribution in [3.8, 4) is 0 Å². The number of thiophene rings is 1. The fraction of sp³-hybridized carbons (Fsp3) is 0.360. The summed E-state index contributed by atoms with van der Waals surface area (Å²) < 4.78 is 5.46. The monoisotopic (exact) mass is 436 g/mol. The maximum absolute atomic E-state index is 13.7. The molecule has 0 spiro atoms. The van der Waals surface area contributed by atoms with Crippen molar-refractivity contribution < 1.29 is 14.0 Å². The minimum absolute atomic E-state index is 0.145. The van der Waals surface area contributed by atoms with Crippen LogP contribution in [-0.2, 0) is 4.79 Å². The van der Waals surface area contributed by atoms with Gasteiger partial charge in [0.25, 0.3) is 5.91 Å². The lowest BCUT2D eigenvalue weighted by atomic mass is 10.0. The van der Waals surface area contributed by atoms with Crippen LogP contribution in [0.5, 0.6) is 0 Å². The van der Waals surface area contributed by atoms with Crippen LogP contribution in [0.25, 0.3) is 0 Å². The molecule has 162 valence electrons. The average molecular weight is 437 g/mol. The van der Waals surface area contributed by atoms with Gasteiger partial charge in [-0.3, -0.25) is 14.5 Å². The molecule has 2 heterocycles. The number of carbonyl (C=O) groups is 2. The van der Waals surface area contributed by atoms with Gasteiger partial charge < -0.3 is 9.73 Å². The number of amides is 2. The Bertz CT molecular complexity index is 1030. The summed E-state index contributed by atoms with van der Waals surface area (Å²) in [4.78, 5) is 29.8. The molecular weight excluding hydrogens is 408 g/mol. The predicted octanol–water partition coefficient (Wildman–Crippen LogP) is 5.71. The fourth-order valence-corrected chi connectivity index (χ4v) is 5.40. The Hall–Kier alpha value is -2.86. The first kappa shape index (κ1) is 21.4. The van der Waals surface area contributed by atoms with Gasteiger partial charge in [-0.2, -0.15) is 0 Å². The van der Waals surface area contributed by atoms with Gasteiger partial charge in [-0.1, -0.05) is 36.6 Å². The molecule has 0 saturated heterocycles. The van der Waals surface area contributed by atoms with Gasteiger partial charge in [0.2, 0.25) is 5.91 Å². The summed E-state index contributed by atoms with van der Waals surface area (Å²) in [5, 5.41) is 5.15. The third-order valence-electron chi connectivity index (χ3n) is 5.85. The lowest BCUT2D eigenvalue weighted by Crippen LogP contribution is -2.46. The minimum atomic E-state index is -0.765. The van der Waals surface area contributed by atoms with E-state index >= 15 is 0 Å². The first-order valence-corrected chi connectivity index (χ1v) is 11.6. The molecule has 1 saturated carbocycles. The summed E-state index contributed by atoms with van der Waals surface area (Å²) in [5.41, 5.74) is 3.78. The number of rotatable bonds is 6. The number of hydrogen-bond acceptors (Lipinski definition) is 4. The highest BCUT2D eigenvalue weighted by Gasteiger charge is 2.37. The molecule has 5 nitrogen and oxygen atoms in total. The van der Waals surface area contributed by atoms with Gasteiger partial charge in [0.15, 0.2) is 11.8 Å². The number of hydrogen-bond donors (Lipinski definition) is 1. The minimum Gasteiger partial charge on any atom is -0.459 e. The van der Waals surface area contributed by atoms with Crippen molar-refractivity contribution in [2.24, 2.45) is 0 Å². The average Bonchev–Trinajstić information content (AvgIpc) is 3.48. The Morgan fingerprint density at radius 1 is 1.10 bits per heavy atom. The number of furan rings is 1. The van der Waals surface area contributed by atoms with E-state index in [1.807, 2.05) is 50.4 Å². The molecule has 0 bridgehead atoms. The topological polar surface area (TPSA) is 62.6 Å². The number of nitrogens with one attached hydrogen (secondary N) is 1. The summed E-state index contributed by atoms with van der Waals surface area (Å²) in [5.74, 6) is -0.247. The van der Waals surface area contributed by atoms with Crippen LogP contribution in [0.4, 0.5) is 5.69 Å². The molecule has 1 N–H and O–H groups in total. The van der Waals surface area contributed by atoms with Crippen LogP contribution in [-0.4, -0.2) is 17.9 Å². The molecule has 3 aromatic rings. The van der Waals surface area contributed by atoms with Crippen LogP contribution in [0.1, 0.15) is 63.8 Å². The highest BCUT2D eigenvalue weighted by molar-refractivity contribution is 7.10. The summed E-state index contributed by atoms with van der Waals surface area (Å²) in [6, 6.07) is 10.7. The van der Waals surface area contributed by atoms with Gasteiger partial charge in [-0.25, -0.2) is 0 Å². The lowest BCUT2D eigenvalue weighted by Gasteiger charge is -2.33. The van der Waals surface area contributed by atoms with E-state index in [0.717, 1.165) is 52.9 Å².